The SMILES string of the molecule is CCCCCCCNC[C@@]1(O)CC[C@@]2(C)[C@@H](CC[C@@H]3[C@@H]2CC[C@]2(C)C(=O)CC[C@@H]32)C1. The van der Waals surface area contributed by atoms with Gasteiger partial charge in [0.05, 0.1) is 5.60 Å². The molecule has 2 N–H and O–H groups in total. The highest BCUT2D eigenvalue weighted by molar-refractivity contribution is 5.87. The molecule has 0 aromatic carbocycles. The highest BCUT2D eigenvalue weighted by Crippen LogP contribution is 2.66. The molecular weight excluding hydrogens is 370 g/mol. The Hall–Kier alpha value is -0.410. The normalized spacial score (nSPS) is 45.7. The molecule has 0 bridgehead atoms. The van der Waals surface area contributed by atoms with Gasteiger partial charge in [-0.15, -0.1) is 0 Å². The Bertz CT molecular complexity index is 620. The summed E-state index contributed by atoms with van der Waals surface area (Å²) in [7, 11) is 0. The molecular formula is C27H47NO2. The molecule has 0 aromatic rings. The summed E-state index contributed by atoms with van der Waals surface area (Å²) < 4.78 is 0. The Balaban J connectivity index is 1.33. The van der Waals surface area contributed by atoms with Crippen LogP contribution in [0, 0.1) is 34.5 Å². The molecule has 0 aromatic heterocycles. The number of aliphatic hydroxyl groups is 1. The molecule has 0 heterocycles. The number of carbonyl (C=O) groups excluding carboxylic acids is 1. The van der Waals surface area contributed by atoms with Gasteiger partial charge < -0.3 is 10.4 Å². The summed E-state index contributed by atoms with van der Waals surface area (Å²) in [5.41, 5.74) is -0.143. The second kappa shape index (κ2) is 8.85. The lowest BCUT2D eigenvalue weighted by Crippen LogP contribution is -2.57. The van der Waals surface area contributed by atoms with Crippen molar-refractivity contribution in [1.29, 1.82) is 0 Å². The number of nitrogens with one attached hydrogen (secondary N) is 1. The predicted octanol–water partition coefficient (Wildman–Crippen LogP) is 5.89. The van der Waals surface area contributed by atoms with Crippen LogP contribution in [-0.4, -0.2) is 29.6 Å². The molecule has 0 radical (unpaired) electrons. The molecule has 0 amide bonds. The minimum Gasteiger partial charge on any atom is -0.389 e. The number of hydrogen-bond donors (Lipinski definition) is 2. The van der Waals surface area contributed by atoms with Crippen LogP contribution in [-0.2, 0) is 4.79 Å². The van der Waals surface area contributed by atoms with Crippen LogP contribution in [0.4, 0.5) is 0 Å². The fraction of sp³-hybridized carbons (Fsp3) is 0.963. The number of ketones is 1. The fourth-order valence-electron chi connectivity index (χ4n) is 8.43. The maximum absolute atomic E-state index is 12.6. The molecule has 7 atom stereocenters. The van der Waals surface area contributed by atoms with Gasteiger partial charge in [0.2, 0.25) is 0 Å². The van der Waals surface area contributed by atoms with E-state index in [4.69, 9.17) is 0 Å². The summed E-state index contributed by atoms with van der Waals surface area (Å²) in [6, 6.07) is 0. The van der Waals surface area contributed by atoms with Gasteiger partial charge in [-0.1, -0.05) is 46.5 Å². The van der Waals surface area contributed by atoms with Gasteiger partial charge in [0.15, 0.2) is 0 Å². The van der Waals surface area contributed by atoms with Gasteiger partial charge in [-0.25, -0.2) is 0 Å². The number of rotatable bonds is 8. The van der Waals surface area contributed by atoms with Crippen LogP contribution in [0.1, 0.15) is 111 Å². The van der Waals surface area contributed by atoms with Crippen molar-refractivity contribution in [2.75, 3.05) is 13.1 Å². The number of fused-ring (bicyclic) bond motifs is 5. The van der Waals surface area contributed by atoms with Crippen LogP contribution >= 0.6 is 0 Å². The summed E-state index contributed by atoms with van der Waals surface area (Å²) in [5.74, 6) is 3.37. The van der Waals surface area contributed by atoms with Gasteiger partial charge in [-0.3, -0.25) is 4.79 Å². The minimum absolute atomic E-state index is 0.0131. The lowest BCUT2D eigenvalue weighted by atomic mass is 9.44. The first-order valence-corrected chi connectivity index (χ1v) is 13.3. The van der Waals surface area contributed by atoms with Crippen LogP contribution in [0.15, 0.2) is 0 Å². The lowest BCUT2D eigenvalue weighted by Gasteiger charge is -2.61. The maximum Gasteiger partial charge on any atom is 0.139 e. The Morgan fingerprint density at radius 1 is 0.967 bits per heavy atom. The standard InChI is InChI=1S/C27H47NO2/c1-4-5-6-7-8-17-28-19-27(30)16-15-25(2)20(18-27)9-10-21-22-11-12-24(29)26(22,3)14-13-23(21)25/h20-23,28,30H,4-19H2,1-3H3/t20-,21-,22-,23-,25-,26-,27+/m0/s1. The van der Waals surface area contributed by atoms with Crippen molar-refractivity contribution in [2.45, 2.75) is 116 Å². The van der Waals surface area contributed by atoms with Crippen molar-refractivity contribution in [3.8, 4) is 0 Å². The van der Waals surface area contributed by atoms with E-state index in [1.54, 1.807) is 0 Å². The van der Waals surface area contributed by atoms with Gasteiger partial charge in [-0.05, 0) is 93.4 Å². The first kappa shape index (κ1) is 22.8. The van der Waals surface area contributed by atoms with E-state index >= 15 is 0 Å². The van der Waals surface area contributed by atoms with E-state index in [-0.39, 0.29) is 5.41 Å². The number of hydrogen-bond acceptors (Lipinski definition) is 3. The molecule has 4 aliphatic carbocycles. The summed E-state index contributed by atoms with van der Waals surface area (Å²) in [6.07, 6.45) is 16.5. The van der Waals surface area contributed by atoms with Gasteiger partial charge in [-0.2, -0.15) is 0 Å². The second-order valence-corrected chi connectivity index (χ2v) is 12.1. The average Bonchev–Trinajstić information content (AvgIpc) is 3.03. The molecule has 3 heteroatoms. The summed E-state index contributed by atoms with van der Waals surface area (Å²) in [6.45, 7) is 8.92. The van der Waals surface area contributed by atoms with E-state index in [0.29, 0.717) is 23.0 Å². The Morgan fingerprint density at radius 2 is 1.77 bits per heavy atom. The first-order chi connectivity index (χ1) is 14.3. The smallest absolute Gasteiger partial charge is 0.139 e. The third-order valence-corrected chi connectivity index (χ3v) is 10.4. The summed E-state index contributed by atoms with van der Waals surface area (Å²) in [4.78, 5) is 12.6. The summed E-state index contributed by atoms with van der Waals surface area (Å²) >= 11 is 0. The van der Waals surface area contributed by atoms with Gasteiger partial charge >= 0.3 is 0 Å². The third kappa shape index (κ3) is 4.03. The van der Waals surface area contributed by atoms with Crippen LogP contribution in [0.5, 0.6) is 0 Å². The first-order valence-electron chi connectivity index (χ1n) is 13.3. The maximum atomic E-state index is 12.6. The van der Waals surface area contributed by atoms with E-state index < -0.39 is 5.60 Å². The zero-order valence-electron chi connectivity index (χ0n) is 20.0. The number of unbranched alkanes of at least 4 members (excludes halogenated alkanes) is 4. The zero-order valence-corrected chi connectivity index (χ0v) is 20.0. The Labute approximate surface area is 185 Å². The Morgan fingerprint density at radius 3 is 2.57 bits per heavy atom. The van der Waals surface area contributed by atoms with Crippen LogP contribution < -0.4 is 5.32 Å². The molecule has 4 aliphatic rings. The molecule has 4 fully saturated rings. The van der Waals surface area contributed by atoms with E-state index in [2.05, 4.69) is 26.1 Å². The number of carbonyl (C=O) groups is 1. The molecule has 4 rings (SSSR count). The molecule has 4 saturated carbocycles. The van der Waals surface area contributed by atoms with E-state index in [0.717, 1.165) is 57.0 Å². The lowest BCUT2D eigenvalue weighted by molar-refractivity contribution is -0.153. The van der Waals surface area contributed by atoms with Crippen molar-refractivity contribution in [3.05, 3.63) is 0 Å². The van der Waals surface area contributed by atoms with Crippen molar-refractivity contribution in [1.82, 2.24) is 5.32 Å². The molecule has 30 heavy (non-hydrogen) atoms. The second-order valence-electron chi connectivity index (χ2n) is 12.1. The van der Waals surface area contributed by atoms with Crippen molar-refractivity contribution < 1.29 is 9.90 Å². The highest BCUT2D eigenvalue weighted by Gasteiger charge is 2.61. The summed E-state index contributed by atoms with van der Waals surface area (Å²) in [5, 5.41) is 15.0. The zero-order chi connectivity index (χ0) is 21.4. The third-order valence-electron chi connectivity index (χ3n) is 10.4. The fourth-order valence-corrected chi connectivity index (χ4v) is 8.43. The van der Waals surface area contributed by atoms with Gasteiger partial charge in [0.25, 0.3) is 0 Å². The highest BCUT2D eigenvalue weighted by atomic mass is 16.3. The van der Waals surface area contributed by atoms with E-state index in [1.165, 1.54) is 57.8 Å². The topological polar surface area (TPSA) is 49.3 Å². The van der Waals surface area contributed by atoms with Crippen LogP contribution in [0.3, 0.4) is 0 Å². The largest absolute Gasteiger partial charge is 0.389 e. The van der Waals surface area contributed by atoms with Gasteiger partial charge in [0, 0.05) is 18.4 Å². The molecule has 3 nitrogen and oxygen atoms in total. The van der Waals surface area contributed by atoms with E-state index in [1.807, 2.05) is 0 Å². The molecule has 0 spiro atoms. The van der Waals surface area contributed by atoms with Crippen LogP contribution in [0.2, 0.25) is 0 Å². The quantitative estimate of drug-likeness (QED) is 0.484. The Kier molecular flexibility index (Phi) is 6.72. The van der Waals surface area contributed by atoms with Crippen molar-refractivity contribution in [3.63, 3.8) is 0 Å². The van der Waals surface area contributed by atoms with Crippen LogP contribution in [0.25, 0.3) is 0 Å². The molecule has 172 valence electrons. The van der Waals surface area contributed by atoms with Crippen molar-refractivity contribution in [2.24, 2.45) is 34.5 Å². The molecule has 0 unspecified atom stereocenters. The molecule has 0 saturated heterocycles. The van der Waals surface area contributed by atoms with E-state index in [9.17, 15) is 9.90 Å². The molecule has 0 aliphatic heterocycles. The monoisotopic (exact) mass is 417 g/mol. The average molecular weight is 418 g/mol. The van der Waals surface area contributed by atoms with Crippen molar-refractivity contribution >= 4 is 5.78 Å². The van der Waals surface area contributed by atoms with Gasteiger partial charge in [0.1, 0.15) is 5.78 Å². The predicted molar refractivity (Wildman–Crippen MR) is 123 cm³/mol. The number of Topliss-reactive ketones (excluding diaryl/α,β-unsaturated/α-hetero) is 1. The minimum atomic E-state index is -0.507.